The highest BCUT2D eigenvalue weighted by Gasteiger charge is 2.36. The van der Waals surface area contributed by atoms with E-state index in [2.05, 4.69) is 10.00 Å². The lowest BCUT2D eigenvalue weighted by Crippen LogP contribution is -2.49. The van der Waals surface area contributed by atoms with Crippen molar-refractivity contribution in [2.24, 2.45) is 7.05 Å². The van der Waals surface area contributed by atoms with Gasteiger partial charge in [0.05, 0.1) is 0 Å². The molecule has 0 atom stereocenters. The highest BCUT2D eigenvalue weighted by Crippen LogP contribution is 2.30. The van der Waals surface area contributed by atoms with Crippen LogP contribution >= 0.6 is 11.6 Å². The highest BCUT2D eigenvalue weighted by atomic mass is 35.5. The van der Waals surface area contributed by atoms with Crippen molar-refractivity contribution in [1.82, 2.24) is 14.7 Å². The van der Waals surface area contributed by atoms with Crippen LogP contribution in [0.2, 0.25) is 5.02 Å². The van der Waals surface area contributed by atoms with Crippen LogP contribution in [0.15, 0.2) is 24.3 Å². The zero-order chi connectivity index (χ0) is 19.1. The quantitative estimate of drug-likeness (QED) is 0.794. The third kappa shape index (κ3) is 3.65. The summed E-state index contributed by atoms with van der Waals surface area (Å²) in [6.07, 6.45) is -4.54. The molecule has 140 valence electrons. The van der Waals surface area contributed by atoms with E-state index in [-0.39, 0.29) is 5.69 Å². The fourth-order valence-electron chi connectivity index (χ4n) is 3.07. The molecule has 5 nitrogen and oxygen atoms in total. The van der Waals surface area contributed by atoms with Crippen molar-refractivity contribution in [1.29, 1.82) is 0 Å². The minimum atomic E-state index is -4.54. The van der Waals surface area contributed by atoms with Gasteiger partial charge in [-0.3, -0.25) is 9.48 Å². The van der Waals surface area contributed by atoms with Gasteiger partial charge in [-0.05, 0) is 24.6 Å². The number of hydrogen-bond donors (Lipinski definition) is 0. The van der Waals surface area contributed by atoms with Gasteiger partial charge in [-0.15, -0.1) is 0 Å². The predicted octanol–water partition coefficient (Wildman–Crippen LogP) is 3.36. The van der Waals surface area contributed by atoms with E-state index in [1.54, 1.807) is 0 Å². The number of anilines is 1. The standard InChI is InChI=1S/C17H18ClF3N4O/c1-11-3-4-12(18)9-14(11)24-5-7-25(8-6-24)16(26)13-10-15(17(19,20)21)23(2)22-13/h3-4,9-10H,5-8H2,1-2H3. The summed E-state index contributed by atoms with van der Waals surface area (Å²) in [5, 5.41) is 4.37. The maximum atomic E-state index is 12.9. The molecule has 0 bridgehead atoms. The van der Waals surface area contributed by atoms with Gasteiger partial charge in [0.2, 0.25) is 0 Å². The number of carbonyl (C=O) groups excluding carboxylic acids is 1. The average Bonchev–Trinajstić information content (AvgIpc) is 2.99. The Hall–Kier alpha value is -2.22. The maximum Gasteiger partial charge on any atom is 0.433 e. The first kappa shape index (κ1) is 18.6. The van der Waals surface area contributed by atoms with Crippen LogP contribution in [0.4, 0.5) is 18.9 Å². The number of aromatic nitrogens is 2. The molecule has 9 heteroatoms. The second-order valence-corrected chi connectivity index (χ2v) is 6.68. The van der Waals surface area contributed by atoms with E-state index in [1.165, 1.54) is 11.9 Å². The monoisotopic (exact) mass is 386 g/mol. The number of rotatable bonds is 2. The number of amides is 1. The van der Waals surface area contributed by atoms with Crippen LogP contribution in [-0.4, -0.2) is 46.8 Å². The molecule has 1 saturated heterocycles. The molecular formula is C17H18ClF3N4O. The molecule has 2 aromatic rings. The Morgan fingerprint density at radius 1 is 1.15 bits per heavy atom. The normalized spacial score (nSPS) is 15.5. The molecule has 0 saturated carbocycles. The fourth-order valence-corrected chi connectivity index (χ4v) is 3.24. The fraction of sp³-hybridized carbons (Fsp3) is 0.412. The SMILES string of the molecule is Cc1ccc(Cl)cc1N1CCN(C(=O)c2cc(C(F)(F)F)n(C)n2)CC1. The van der Waals surface area contributed by atoms with Crippen LogP contribution in [0.25, 0.3) is 0 Å². The van der Waals surface area contributed by atoms with Gasteiger partial charge in [0.1, 0.15) is 5.69 Å². The summed E-state index contributed by atoms with van der Waals surface area (Å²) in [6.45, 7) is 3.94. The molecular weight excluding hydrogens is 369 g/mol. The number of hydrogen-bond acceptors (Lipinski definition) is 3. The highest BCUT2D eigenvalue weighted by molar-refractivity contribution is 6.30. The van der Waals surface area contributed by atoms with E-state index in [0.29, 0.717) is 35.9 Å². The van der Waals surface area contributed by atoms with Gasteiger partial charge < -0.3 is 9.80 Å². The van der Waals surface area contributed by atoms with Crippen molar-refractivity contribution < 1.29 is 18.0 Å². The summed E-state index contributed by atoms with van der Waals surface area (Å²) in [5.41, 5.74) is 0.955. The molecule has 1 fully saturated rings. The first-order valence-corrected chi connectivity index (χ1v) is 8.46. The molecule has 1 aliphatic rings. The number of halogens is 4. The molecule has 0 aliphatic carbocycles. The second kappa shape index (κ2) is 6.83. The smallest absolute Gasteiger partial charge is 0.368 e. The zero-order valence-corrected chi connectivity index (χ0v) is 15.1. The van der Waals surface area contributed by atoms with Crippen LogP contribution in [0.3, 0.4) is 0 Å². The van der Waals surface area contributed by atoms with E-state index >= 15 is 0 Å². The lowest BCUT2D eigenvalue weighted by Gasteiger charge is -2.36. The summed E-state index contributed by atoms with van der Waals surface area (Å²) >= 11 is 6.06. The van der Waals surface area contributed by atoms with E-state index in [1.807, 2.05) is 25.1 Å². The van der Waals surface area contributed by atoms with Gasteiger partial charge in [-0.25, -0.2) is 0 Å². The molecule has 1 aromatic carbocycles. The van der Waals surface area contributed by atoms with Gasteiger partial charge in [0.15, 0.2) is 5.69 Å². The minimum absolute atomic E-state index is 0.188. The Balaban J connectivity index is 1.70. The Labute approximate surface area is 153 Å². The largest absolute Gasteiger partial charge is 0.433 e. The summed E-state index contributed by atoms with van der Waals surface area (Å²) in [5.74, 6) is -0.487. The topological polar surface area (TPSA) is 41.4 Å². The molecule has 3 rings (SSSR count). The van der Waals surface area contributed by atoms with Crippen molar-refractivity contribution in [2.45, 2.75) is 13.1 Å². The predicted molar refractivity (Wildman–Crippen MR) is 92.5 cm³/mol. The summed E-state index contributed by atoms with van der Waals surface area (Å²) < 4.78 is 39.3. The molecule has 2 heterocycles. The van der Waals surface area contributed by atoms with Gasteiger partial charge >= 0.3 is 6.18 Å². The molecule has 0 N–H and O–H groups in total. The van der Waals surface area contributed by atoms with Gasteiger partial charge in [0.25, 0.3) is 5.91 Å². The Kier molecular flexibility index (Phi) is 4.88. The molecule has 0 radical (unpaired) electrons. The number of aryl methyl sites for hydroxylation is 2. The van der Waals surface area contributed by atoms with Crippen molar-refractivity contribution in [3.8, 4) is 0 Å². The van der Waals surface area contributed by atoms with Crippen molar-refractivity contribution in [3.05, 3.63) is 46.2 Å². The molecule has 0 spiro atoms. The third-order valence-corrected chi connectivity index (χ3v) is 4.70. The lowest BCUT2D eigenvalue weighted by atomic mass is 10.1. The van der Waals surface area contributed by atoms with E-state index < -0.39 is 17.8 Å². The van der Waals surface area contributed by atoms with Crippen LogP contribution in [0, 0.1) is 6.92 Å². The van der Waals surface area contributed by atoms with E-state index in [9.17, 15) is 18.0 Å². The minimum Gasteiger partial charge on any atom is -0.368 e. The number of benzene rings is 1. The number of piperazine rings is 1. The second-order valence-electron chi connectivity index (χ2n) is 6.25. The number of carbonyl (C=O) groups is 1. The van der Waals surface area contributed by atoms with Crippen LogP contribution in [-0.2, 0) is 13.2 Å². The van der Waals surface area contributed by atoms with E-state index in [0.717, 1.165) is 17.3 Å². The Bertz CT molecular complexity index is 826. The molecule has 0 unspecified atom stereocenters. The molecule has 1 aliphatic heterocycles. The first-order valence-electron chi connectivity index (χ1n) is 8.08. The Morgan fingerprint density at radius 3 is 2.38 bits per heavy atom. The van der Waals surface area contributed by atoms with Gasteiger partial charge in [-0.1, -0.05) is 17.7 Å². The van der Waals surface area contributed by atoms with Crippen LogP contribution in [0.1, 0.15) is 21.7 Å². The van der Waals surface area contributed by atoms with Gasteiger partial charge in [-0.2, -0.15) is 18.3 Å². The average molecular weight is 387 g/mol. The summed E-state index contributed by atoms with van der Waals surface area (Å²) in [6, 6.07) is 6.43. The summed E-state index contributed by atoms with van der Waals surface area (Å²) in [4.78, 5) is 16.1. The Morgan fingerprint density at radius 2 is 1.81 bits per heavy atom. The zero-order valence-electron chi connectivity index (χ0n) is 14.3. The lowest BCUT2D eigenvalue weighted by molar-refractivity contribution is -0.143. The molecule has 26 heavy (non-hydrogen) atoms. The first-order chi connectivity index (χ1) is 12.2. The summed E-state index contributed by atoms with van der Waals surface area (Å²) in [7, 11) is 1.18. The van der Waals surface area contributed by atoms with Gasteiger partial charge in [0, 0.05) is 50.0 Å². The van der Waals surface area contributed by atoms with Crippen molar-refractivity contribution >= 4 is 23.2 Å². The van der Waals surface area contributed by atoms with Crippen molar-refractivity contribution in [3.63, 3.8) is 0 Å². The van der Waals surface area contributed by atoms with Crippen LogP contribution in [0.5, 0.6) is 0 Å². The molecule has 1 amide bonds. The molecule has 1 aromatic heterocycles. The van der Waals surface area contributed by atoms with Crippen molar-refractivity contribution in [2.75, 3.05) is 31.1 Å². The van der Waals surface area contributed by atoms with E-state index in [4.69, 9.17) is 11.6 Å². The number of nitrogens with zero attached hydrogens (tertiary/aromatic N) is 4. The maximum absolute atomic E-state index is 12.9. The number of alkyl halides is 3. The van der Waals surface area contributed by atoms with Crippen LogP contribution < -0.4 is 4.90 Å². The third-order valence-electron chi connectivity index (χ3n) is 4.47.